The molecule has 0 spiro atoms. The molecule has 2 N–H and O–H groups in total. The lowest BCUT2D eigenvalue weighted by atomic mass is 9.95. The van der Waals surface area contributed by atoms with Crippen LogP contribution in [0.25, 0.3) is 0 Å². The Hall–Kier alpha value is -1.35. The molecule has 0 aliphatic carbocycles. The maximum atomic E-state index is 11.6. The van der Waals surface area contributed by atoms with E-state index in [1.54, 1.807) is 0 Å². The molecule has 0 saturated carbocycles. The van der Waals surface area contributed by atoms with Crippen molar-refractivity contribution in [1.82, 2.24) is 5.32 Å². The van der Waals surface area contributed by atoms with Crippen LogP contribution in [0, 0.1) is 5.41 Å². The van der Waals surface area contributed by atoms with Crippen LogP contribution in [0.5, 0.6) is 0 Å². The van der Waals surface area contributed by atoms with Gasteiger partial charge in [0.1, 0.15) is 0 Å². The van der Waals surface area contributed by atoms with E-state index in [4.69, 9.17) is 5.11 Å². The van der Waals surface area contributed by atoms with Crippen molar-refractivity contribution in [2.24, 2.45) is 5.41 Å². The lowest BCUT2D eigenvalue weighted by Gasteiger charge is -2.21. The highest BCUT2D eigenvalue weighted by atomic mass is 16.3. The summed E-state index contributed by atoms with van der Waals surface area (Å²) in [4.78, 5) is 11.6. The zero-order chi connectivity index (χ0) is 13.4. The van der Waals surface area contributed by atoms with Gasteiger partial charge in [0, 0.05) is 25.0 Å². The molecule has 1 aromatic rings. The van der Waals surface area contributed by atoms with Gasteiger partial charge < -0.3 is 10.4 Å². The molecule has 0 heterocycles. The largest absolute Gasteiger partial charge is 0.396 e. The minimum atomic E-state index is -0.241. The number of benzene rings is 1. The van der Waals surface area contributed by atoms with Crippen molar-refractivity contribution in [3.63, 3.8) is 0 Å². The number of aliphatic hydroxyl groups excluding tert-OH is 1. The van der Waals surface area contributed by atoms with Gasteiger partial charge in [0.15, 0.2) is 0 Å². The van der Waals surface area contributed by atoms with Gasteiger partial charge in [0.2, 0.25) is 5.91 Å². The van der Waals surface area contributed by atoms with Gasteiger partial charge >= 0.3 is 0 Å². The molecule has 0 radical (unpaired) electrons. The molecule has 0 atom stereocenters. The van der Waals surface area contributed by atoms with Crippen molar-refractivity contribution in [3.8, 4) is 0 Å². The summed E-state index contributed by atoms with van der Waals surface area (Å²) in [7, 11) is 0. The second kappa shape index (κ2) is 7.17. The minimum Gasteiger partial charge on any atom is -0.396 e. The smallest absolute Gasteiger partial charge is 0.220 e. The van der Waals surface area contributed by atoms with Crippen LogP contribution in [0.2, 0.25) is 0 Å². The monoisotopic (exact) mass is 249 g/mol. The Morgan fingerprint density at radius 2 is 1.94 bits per heavy atom. The van der Waals surface area contributed by atoms with Crippen molar-refractivity contribution in [1.29, 1.82) is 0 Å². The van der Waals surface area contributed by atoms with Crippen LogP contribution in [0.1, 0.15) is 32.3 Å². The highest BCUT2D eigenvalue weighted by Gasteiger charge is 2.17. The first-order valence-corrected chi connectivity index (χ1v) is 6.45. The number of aryl methyl sites for hydroxylation is 1. The zero-order valence-electron chi connectivity index (χ0n) is 11.3. The number of carbonyl (C=O) groups is 1. The predicted octanol–water partition coefficient (Wildman–Crippen LogP) is 2.14. The Morgan fingerprint density at radius 3 is 2.56 bits per heavy atom. The number of aliphatic hydroxyl groups is 1. The Kier molecular flexibility index (Phi) is 5.86. The summed E-state index contributed by atoms with van der Waals surface area (Å²) >= 11 is 0. The van der Waals surface area contributed by atoms with Crippen molar-refractivity contribution >= 4 is 5.91 Å². The molecule has 0 saturated heterocycles. The van der Waals surface area contributed by atoms with E-state index in [1.807, 2.05) is 32.0 Å². The molecule has 0 aromatic heterocycles. The van der Waals surface area contributed by atoms with E-state index in [-0.39, 0.29) is 17.9 Å². The van der Waals surface area contributed by atoms with Gasteiger partial charge in [-0.05, 0) is 18.4 Å². The van der Waals surface area contributed by atoms with Crippen molar-refractivity contribution in [3.05, 3.63) is 35.9 Å². The summed E-state index contributed by atoms with van der Waals surface area (Å²) in [5, 5.41) is 11.9. The van der Waals surface area contributed by atoms with Crippen LogP contribution in [0.3, 0.4) is 0 Å². The Balaban J connectivity index is 2.18. The molecule has 3 heteroatoms. The minimum absolute atomic E-state index is 0.0625. The molecule has 0 aliphatic heterocycles. The molecule has 0 bridgehead atoms. The molecular weight excluding hydrogens is 226 g/mol. The number of hydrogen-bond acceptors (Lipinski definition) is 2. The number of carbonyl (C=O) groups excluding carboxylic acids is 1. The maximum absolute atomic E-state index is 11.6. The number of rotatable bonds is 7. The fourth-order valence-electron chi connectivity index (χ4n) is 1.58. The van der Waals surface area contributed by atoms with Gasteiger partial charge in [0.05, 0.1) is 0 Å². The summed E-state index contributed by atoms with van der Waals surface area (Å²) in [6.45, 7) is 4.46. The third kappa shape index (κ3) is 5.82. The van der Waals surface area contributed by atoms with E-state index >= 15 is 0 Å². The molecule has 0 fully saturated rings. The lowest BCUT2D eigenvalue weighted by molar-refractivity contribution is -0.121. The molecule has 1 rings (SSSR count). The molecule has 1 aromatic carbocycles. The van der Waals surface area contributed by atoms with Gasteiger partial charge in [-0.25, -0.2) is 0 Å². The predicted molar refractivity (Wildman–Crippen MR) is 73.3 cm³/mol. The topological polar surface area (TPSA) is 49.3 Å². The summed E-state index contributed by atoms with van der Waals surface area (Å²) in [6, 6.07) is 10.2. The third-order valence-electron chi connectivity index (χ3n) is 2.90. The lowest BCUT2D eigenvalue weighted by Crippen LogP contribution is -2.35. The molecular formula is C15H23NO2. The molecule has 1 amide bonds. The van der Waals surface area contributed by atoms with E-state index in [0.717, 1.165) is 12.8 Å². The summed E-state index contributed by atoms with van der Waals surface area (Å²) in [5.74, 6) is 0.0625. The first-order valence-electron chi connectivity index (χ1n) is 6.45. The highest BCUT2D eigenvalue weighted by Crippen LogP contribution is 2.11. The van der Waals surface area contributed by atoms with Crippen LogP contribution in [0.4, 0.5) is 0 Å². The quantitative estimate of drug-likeness (QED) is 0.778. The summed E-state index contributed by atoms with van der Waals surface area (Å²) < 4.78 is 0. The third-order valence-corrected chi connectivity index (χ3v) is 2.90. The molecule has 0 aliphatic rings. The van der Waals surface area contributed by atoms with Crippen molar-refractivity contribution in [2.45, 2.75) is 33.1 Å². The first-order chi connectivity index (χ1) is 8.53. The first kappa shape index (κ1) is 14.7. The molecule has 0 unspecified atom stereocenters. The van der Waals surface area contributed by atoms with Crippen LogP contribution in [-0.4, -0.2) is 24.2 Å². The number of amides is 1. The SMILES string of the molecule is CC(C)(CO)CNC(=O)CCCc1ccccc1. The fourth-order valence-corrected chi connectivity index (χ4v) is 1.58. The van der Waals surface area contributed by atoms with E-state index in [1.165, 1.54) is 5.56 Å². The number of hydrogen-bond donors (Lipinski definition) is 2. The van der Waals surface area contributed by atoms with E-state index < -0.39 is 0 Å². The standard InChI is InChI=1S/C15H23NO2/c1-15(2,12-17)11-16-14(18)10-6-9-13-7-4-3-5-8-13/h3-5,7-8,17H,6,9-12H2,1-2H3,(H,16,18). The van der Waals surface area contributed by atoms with Gasteiger partial charge in [-0.3, -0.25) is 4.79 Å². The van der Waals surface area contributed by atoms with Gasteiger partial charge in [-0.15, -0.1) is 0 Å². The highest BCUT2D eigenvalue weighted by molar-refractivity contribution is 5.75. The summed E-state index contributed by atoms with van der Waals surface area (Å²) in [6.07, 6.45) is 2.32. The average molecular weight is 249 g/mol. The molecule has 18 heavy (non-hydrogen) atoms. The van der Waals surface area contributed by atoms with E-state index in [9.17, 15) is 4.79 Å². The number of nitrogens with one attached hydrogen (secondary N) is 1. The van der Waals surface area contributed by atoms with Crippen molar-refractivity contribution < 1.29 is 9.90 Å². The summed E-state index contributed by atoms with van der Waals surface area (Å²) in [5.41, 5.74) is 1.02. The average Bonchev–Trinajstić information content (AvgIpc) is 2.38. The normalized spacial score (nSPS) is 11.3. The van der Waals surface area contributed by atoms with Gasteiger partial charge in [-0.1, -0.05) is 44.2 Å². The molecule has 100 valence electrons. The Morgan fingerprint density at radius 1 is 1.28 bits per heavy atom. The Bertz CT molecular complexity index is 360. The second-order valence-electron chi connectivity index (χ2n) is 5.44. The van der Waals surface area contributed by atoms with Crippen molar-refractivity contribution in [2.75, 3.05) is 13.2 Å². The van der Waals surface area contributed by atoms with Crippen LogP contribution in [-0.2, 0) is 11.2 Å². The van der Waals surface area contributed by atoms with Crippen LogP contribution >= 0.6 is 0 Å². The van der Waals surface area contributed by atoms with Gasteiger partial charge in [0.25, 0.3) is 0 Å². The van der Waals surface area contributed by atoms with E-state index in [0.29, 0.717) is 13.0 Å². The van der Waals surface area contributed by atoms with Crippen LogP contribution in [0.15, 0.2) is 30.3 Å². The fraction of sp³-hybridized carbons (Fsp3) is 0.533. The molecule has 3 nitrogen and oxygen atoms in total. The zero-order valence-corrected chi connectivity index (χ0v) is 11.3. The second-order valence-corrected chi connectivity index (χ2v) is 5.44. The van der Waals surface area contributed by atoms with Gasteiger partial charge in [-0.2, -0.15) is 0 Å². The van der Waals surface area contributed by atoms with E-state index in [2.05, 4.69) is 17.4 Å². The maximum Gasteiger partial charge on any atom is 0.220 e. The van der Waals surface area contributed by atoms with Crippen LogP contribution < -0.4 is 5.32 Å². The Labute approximate surface area is 109 Å².